The van der Waals surface area contributed by atoms with Crippen LogP contribution in [0.2, 0.25) is 0 Å². The third-order valence-electron chi connectivity index (χ3n) is 3.48. The highest BCUT2D eigenvalue weighted by molar-refractivity contribution is 7.28. The Morgan fingerprint density at radius 1 is 1.00 bits per heavy atom. The van der Waals surface area contributed by atoms with Gasteiger partial charge in [-0.15, -0.1) is 34.0 Å². The van der Waals surface area contributed by atoms with Crippen LogP contribution in [-0.4, -0.2) is 16.1 Å². The summed E-state index contributed by atoms with van der Waals surface area (Å²) in [6, 6.07) is 14.6. The number of carboxylic acid groups (broad SMARTS) is 1. The standard InChI is InChI=1S/C17H11NO2S3/c1-9-15(17(19)20)23-16(18-9)13-7-6-12(22-13)14-8-10-4-2-3-5-11(10)21-14/h2-8H,1H3,(H,19,20). The zero-order valence-corrected chi connectivity index (χ0v) is 14.5. The van der Waals surface area contributed by atoms with Crippen molar-refractivity contribution in [2.75, 3.05) is 0 Å². The summed E-state index contributed by atoms with van der Waals surface area (Å²) < 4.78 is 1.27. The van der Waals surface area contributed by atoms with Gasteiger partial charge < -0.3 is 5.11 Å². The number of thiazole rings is 1. The van der Waals surface area contributed by atoms with Gasteiger partial charge in [0.25, 0.3) is 0 Å². The fraction of sp³-hybridized carbons (Fsp3) is 0.0588. The first kappa shape index (κ1) is 14.6. The van der Waals surface area contributed by atoms with Gasteiger partial charge in [0.15, 0.2) is 0 Å². The van der Waals surface area contributed by atoms with E-state index in [1.54, 1.807) is 29.6 Å². The molecule has 0 unspecified atom stereocenters. The Labute approximate surface area is 144 Å². The van der Waals surface area contributed by atoms with Gasteiger partial charge in [-0.05, 0) is 36.6 Å². The zero-order valence-electron chi connectivity index (χ0n) is 12.1. The number of fused-ring (bicyclic) bond motifs is 1. The van der Waals surface area contributed by atoms with E-state index in [4.69, 9.17) is 5.11 Å². The van der Waals surface area contributed by atoms with Crippen LogP contribution in [-0.2, 0) is 0 Å². The molecule has 23 heavy (non-hydrogen) atoms. The number of rotatable bonds is 3. The molecule has 0 aliphatic heterocycles. The molecule has 0 spiro atoms. The maximum absolute atomic E-state index is 11.2. The lowest BCUT2D eigenvalue weighted by Crippen LogP contribution is -1.94. The Hall–Kier alpha value is -2.02. The number of thiophene rings is 2. The summed E-state index contributed by atoms with van der Waals surface area (Å²) in [6.07, 6.45) is 0. The topological polar surface area (TPSA) is 50.2 Å². The molecule has 0 amide bonds. The van der Waals surface area contributed by atoms with Gasteiger partial charge >= 0.3 is 5.97 Å². The van der Waals surface area contributed by atoms with Crippen LogP contribution in [0, 0.1) is 6.92 Å². The smallest absolute Gasteiger partial charge is 0.347 e. The first-order valence-electron chi connectivity index (χ1n) is 6.92. The molecule has 0 radical (unpaired) electrons. The average molecular weight is 357 g/mol. The minimum Gasteiger partial charge on any atom is -0.477 e. The van der Waals surface area contributed by atoms with Crippen molar-refractivity contribution >= 4 is 50.1 Å². The molecule has 1 N–H and O–H groups in total. The van der Waals surface area contributed by atoms with Crippen LogP contribution >= 0.6 is 34.0 Å². The maximum Gasteiger partial charge on any atom is 0.347 e. The summed E-state index contributed by atoms with van der Waals surface area (Å²) in [6.45, 7) is 1.74. The first-order valence-corrected chi connectivity index (χ1v) is 9.36. The fourth-order valence-corrected chi connectivity index (χ4v) is 5.50. The minimum absolute atomic E-state index is 0.316. The van der Waals surface area contributed by atoms with Crippen molar-refractivity contribution < 1.29 is 9.90 Å². The Kier molecular flexibility index (Phi) is 3.52. The summed E-state index contributed by atoms with van der Waals surface area (Å²) in [5.41, 5.74) is 0.578. The van der Waals surface area contributed by atoms with Gasteiger partial charge in [0.1, 0.15) is 9.88 Å². The van der Waals surface area contributed by atoms with E-state index in [0.29, 0.717) is 10.6 Å². The number of aromatic carboxylic acids is 1. The van der Waals surface area contributed by atoms with Crippen LogP contribution in [0.4, 0.5) is 0 Å². The van der Waals surface area contributed by atoms with Crippen molar-refractivity contribution in [3.63, 3.8) is 0 Å². The van der Waals surface area contributed by atoms with Gasteiger partial charge in [-0.25, -0.2) is 9.78 Å². The van der Waals surface area contributed by atoms with Crippen LogP contribution in [0.25, 0.3) is 29.7 Å². The molecule has 114 valence electrons. The van der Waals surface area contributed by atoms with Crippen LogP contribution in [0.15, 0.2) is 42.5 Å². The van der Waals surface area contributed by atoms with Crippen LogP contribution < -0.4 is 0 Å². The van der Waals surface area contributed by atoms with Crippen LogP contribution in [0.1, 0.15) is 15.4 Å². The molecular weight excluding hydrogens is 346 g/mol. The molecule has 0 aliphatic rings. The third-order valence-corrected chi connectivity index (χ3v) is 7.19. The highest BCUT2D eigenvalue weighted by Gasteiger charge is 2.17. The van der Waals surface area contributed by atoms with Crippen LogP contribution in [0.5, 0.6) is 0 Å². The number of carboxylic acids is 1. The predicted molar refractivity (Wildman–Crippen MR) is 97.9 cm³/mol. The lowest BCUT2D eigenvalue weighted by Gasteiger charge is -1.89. The lowest BCUT2D eigenvalue weighted by molar-refractivity contribution is 0.0701. The molecule has 3 aromatic heterocycles. The molecule has 3 nitrogen and oxygen atoms in total. The fourth-order valence-electron chi connectivity index (χ4n) is 2.39. The number of hydrogen-bond donors (Lipinski definition) is 1. The quantitative estimate of drug-likeness (QED) is 0.507. The normalized spacial score (nSPS) is 11.2. The summed E-state index contributed by atoms with van der Waals surface area (Å²) in [7, 11) is 0. The van der Waals surface area contributed by atoms with E-state index in [1.165, 1.54) is 31.2 Å². The Morgan fingerprint density at radius 2 is 1.78 bits per heavy atom. The van der Waals surface area contributed by atoms with Gasteiger partial charge in [-0.3, -0.25) is 0 Å². The number of benzene rings is 1. The van der Waals surface area contributed by atoms with E-state index in [0.717, 1.165) is 9.88 Å². The number of hydrogen-bond acceptors (Lipinski definition) is 5. The molecule has 0 saturated heterocycles. The highest BCUT2D eigenvalue weighted by atomic mass is 32.1. The Balaban J connectivity index is 1.74. The van der Waals surface area contributed by atoms with Crippen molar-refractivity contribution in [3.05, 3.63) is 53.0 Å². The average Bonchev–Trinajstić information content (AvgIpc) is 3.23. The van der Waals surface area contributed by atoms with Gasteiger partial charge in [0.05, 0.1) is 10.6 Å². The van der Waals surface area contributed by atoms with E-state index < -0.39 is 5.97 Å². The first-order chi connectivity index (χ1) is 11.1. The second kappa shape index (κ2) is 5.56. The van der Waals surface area contributed by atoms with Crippen LogP contribution in [0.3, 0.4) is 0 Å². The van der Waals surface area contributed by atoms with E-state index in [1.807, 2.05) is 18.2 Å². The SMILES string of the molecule is Cc1nc(-c2ccc(-c3cc4ccccc4s3)s2)sc1C(=O)O. The van der Waals surface area contributed by atoms with E-state index in [2.05, 4.69) is 29.2 Å². The molecule has 0 saturated carbocycles. The second-order valence-corrected chi connectivity index (χ2v) is 8.22. The van der Waals surface area contributed by atoms with Crippen molar-refractivity contribution in [2.45, 2.75) is 6.92 Å². The van der Waals surface area contributed by atoms with Gasteiger partial charge in [-0.2, -0.15) is 0 Å². The third kappa shape index (κ3) is 2.59. The van der Waals surface area contributed by atoms with E-state index >= 15 is 0 Å². The van der Waals surface area contributed by atoms with Gasteiger partial charge in [0, 0.05) is 14.5 Å². The molecule has 1 aromatic carbocycles. The lowest BCUT2D eigenvalue weighted by atomic mass is 10.2. The number of aromatic nitrogens is 1. The number of carbonyl (C=O) groups is 1. The van der Waals surface area contributed by atoms with Crippen molar-refractivity contribution in [1.29, 1.82) is 0 Å². The maximum atomic E-state index is 11.2. The number of aryl methyl sites for hydroxylation is 1. The minimum atomic E-state index is -0.910. The summed E-state index contributed by atoms with van der Waals surface area (Å²) >= 11 is 4.66. The molecule has 0 bridgehead atoms. The monoisotopic (exact) mass is 357 g/mol. The summed E-state index contributed by atoms with van der Waals surface area (Å²) in [5.74, 6) is -0.910. The molecule has 0 fully saturated rings. The van der Waals surface area contributed by atoms with E-state index in [-0.39, 0.29) is 0 Å². The molecule has 0 aliphatic carbocycles. The Bertz CT molecular complexity index is 993. The summed E-state index contributed by atoms with van der Waals surface area (Å²) in [5, 5.41) is 11.2. The molecule has 0 atom stereocenters. The van der Waals surface area contributed by atoms with Crippen molar-refractivity contribution in [1.82, 2.24) is 4.98 Å². The van der Waals surface area contributed by atoms with Gasteiger partial charge in [-0.1, -0.05) is 18.2 Å². The molecule has 6 heteroatoms. The highest BCUT2D eigenvalue weighted by Crippen LogP contribution is 2.41. The van der Waals surface area contributed by atoms with Crippen molar-refractivity contribution in [3.8, 4) is 19.6 Å². The van der Waals surface area contributed by atoms with E-state index in [9.17, 15) is 4.79 Å². The number of nitrogens with zero attached hydrogens (tertiary/aromatic N) is 1. The molecule has 3 heterocycles. The molecular formula is C17H11NO2S3. The van der Waals surface area contributed by atoms with Gasteiger partial charge in [0.2, 0.25) is 0 Å². The summed E-state index contributed by atoms with van der Waals surface area (Å²) in [4.78, 5) is 19.3. The van der Waals surface area contributed by atoms with Crippen molar-refractivity contribution in [2.24, 2.45) is 0 Å². The molecule has 4 aromatic rings. The largest absolute Gasteiger partial charge is 0.477 e. The zero-order chi connectivity index (χ0) is 16.0. The Morgan fingerprint density at radius 3 is 2.52 bits per heavy atom. The second-order valence-electron chi connectivity index (χ2n) is 5.05. The molecule has 4 rings (SSSR count). The predicted octanol–water partition coefficient (Wildman–Crippen LogP) is 5.76.